The largest absolute Gasteiger partial charge is 0.490 e. The molecule has 2 aliphatic rings. The van der Waals surface area contributed by atoms with Crippen LogP contribution in [0.25, 0.3) is 11.0 Å². The van der Waals surface area contributed by atoms with E-state index in [1.54, 1.807) is 12.1 Å². The maximum Gasteiger partial charge on any atom is 0.235 e. The molecule has 0 N–H and O–H groups in total. The molecule has 0 atom stereocenters. The summed E-state index contributed by atoms with van der Waals surface area (Å²) in [6.45, 7) is 9.17. The summed E-state index contributed by atoms with van der Waals surface area (Å²) in [5.41, 5.74) is 1.22. The van der Waals surface area contributed by atoms with Crippen molar-refractivity contribution in [1.29, 1.82) is 0 Å². The van der Waals surface area contributed by atoms with Gasteiger partial charge in [0.2, 0.25) is 11.2 Å². The van der Waals surface area contributed by atoms with Gasteiger partial charge in [-0.25, -0.2) is 0 Å². The van der Waals surface area contributed by atoms with E-state index in [1.807, 2.05) is 31.2 Å². The fourth-order valence-corrected chi connectivity index (χ4v) is 4.42. The Kier molecular flexibility index (Phi) is 6.99. The third-order valence-electron chi connectivity index (χ3n) is 6.18. The van der Waals surface area contributed by atoms with Crippen LogP contribution < -0.4 is 19.6 Å². The van der Waals surface area contributed by atoms with Crippen LogP contribution in [0.2, 0.25) is 0 Å². The predicted octanol–water partition coefficient (Wildman–Crippen LogP) is 3.86. The topological polar surface area (TPSA) is 73.6 Å². The zero-order valence-electron chi connectivity index (χ0n) is 19.5. The number of hydrogen-bond acceptors (Lipinski definition) is 8. The molecule has 0 amide bonds. The van der Waals surface area contributed by atoms with Crippen molar-refractivity contribution in [3.05, 3.63) is 58.4 Å². The van der Waals surface area contributed by atoms with E-state index < -0.39 is 0 Å². The Morgan fingerprint density at radius 3 is 2.59 bits per heavy atom. The Hall–Kier alpha value is -3.07. The monoisotopic (exact) mass is 466 g/mol. The van der Waals surface area contributed by atoms with Crippen molar-refractivity contribution in [3.63, 3.8) is 0 Å². The van der Waals surface area contributed by atoms with Gasteiger partial charge in [-0.15, -0.1) is 0 Å². The summed E-state index contributed by atoms with van der Waals surface area (Å²) >= 11 is 0. The Labute approximate surface area is 198 Å². The molecule has 2 aromatic carbocycles. The van der Waals surface area contributed by atoms with Gasteiger partial charge in [-0.1, -0.05) is 12.1 Å². The smallest absolute Gasteiger partial charge is 0.235 e. The second kappa shape index (κ2) is 10.5. The van der Waals surface area contributed by atoms with Crippen LogP contribution in [-0.2, 0) is 11.3 Å². The van der Waals surface area contributed by atoms with E-state index in [2.05, 4.69) is 9.80 Å². The average Bonchev–Trinajstić information content (AvgIpc) is 2.87. The van der Waals surface area contributed by atoms with Gasteiger partial charge in [0, 0.05) is 26.2 Å². The number of fused-ring (bicyclic) bond motifs is 3. The van der Waals surface area contributed by atoms with Crippen LogP contribution in [0.4, 0.5) is 0 Å². The molecule has 1 aromatic heterocycles. The summed E-state index contributed by atoms with van der Waals surface area (Å²) in [7, 11) is 0. The van der Waals surface area contributed by atoms with E-state index in [4.69, 9.17) is 23.4 Å². The van der Waals surface area contributed by atoms with Crippen LogP contribution in [0, 0.1) is 0 Å². The number of para-hydroxylation sites is 2. The second-order valence-electron chi connectivity index (χ2n) is 8.46. The summed E-state index contributed by atoms with van der Waals surface area (Å²) < 4.78 is 28.8. The van der Waals surface area contributed by atoms with E-state index in [0.29, 0.717) is 42.4 Å². The maximum atomic E-state index is 13.2. The minimum absolute atomic E-state index is 0.124. The summed E-state index contributed by atoms with van der Waals surface area (Å²) in [6, 6.07) is 10.9. The Morgan fingerprint density at radius 1 is 0.971 bits per heavy atom. The fourth-order valence-electron chi connectivity index (χ4n) is 4.42. The molecular formula is C26H30N2O6. The average molecular weight is 467 g/mol. The van der Waals surface area contributed by atoms with E-state index in [0.717, 1.165) is 57.1 Å². The van der Waals surface area contributed by atoms with Crippen LogP contribution in [0.5, 0.6) is 23.0 Å². The highest BCUT2D eigenvalue weighted by atomic mass is 16.5. The van der Waals surface area contributed by atoms with Gasteiger partial charge >= 0.3 is 0 Å². The van der Waals surface area contributed by atoms with Crippen LogP contribution >= 0.6 is 0 Å². The number of ether oxygens (including phenoxy) is 4. The quantitative estimate of drug-likeness (QED) is 0.496. The Morgan fingerprint density at radius 2 is 1.76 bits per heavy atom. The van der Waals surface area contributed by atoms with Gasteiger partial charge in [-0.3, -0.25) is 14.6 Å². The van der Waals surface area contributed by atoms with Crippen LogP contribution in [0.15, 0.2) is 51.9 Å². The SMILES string of the molecule is CCOc1ccccc1Oc1coc2c3c(ccc2c1=O)OCN(CCCN1CCOCC1)C3. The third-order valence-corrected chi connectivity index (χ3v) is 6.18. The lowest BCUT2D eigenvalue weighted by Crippen LogP contribution is -2.39. The van der Waals surface area contributed by atoms with Gasteiger partial charge in [0.1, 0.15) is 24.3 Å². The predicted molar refractivity (Wildman–Crippen MR) is 128 cm³/mol. The molecule has 180 valence electrons. The molecule has 0 aliphatic carbocycles. The molecule has 3 aromatic rings. The summed E-state index contributed by atoms with van der Waals surface area (Å²) in [5.74, 6) is 1.94. The molecule has 1 saturated heterocycles. The zero-order chi connectivity index (χ0) is 23.3. The lowest BCUT2D eigenvalue weighted by atomic mass is 10.1. The highest BCUT2D eigenvalue weighted by Gasteiger charge is 2.23. The number of morpholine rings is 1. The van der Waals surface area contributed by atoms with E-state index >= 15 is 0 Å². The van der Waals surface area contributed by atoms with Crippen molar-refractivity contribution in [2.45, 2.75) is 19.9 Å². The van der Waals surface area contributed by atoms with E-state index in [-0.39, 0.29) is 11.2 Å². The molecule has 0 spiro atoms. The fraction of sp³-hybridized carbons (Fsp3) is 0.423. The first-order valence-corrected chi connectivity index (χ1v) is 11.8. The molecule has 8 heteroatoms. The van der Waals surface area contributed by atoms with E-state index in [1.165, 1.54) is 6.26 Å². The minimum atomic E-state index is -0.222. The molecule has 3 heterocycles. The number of rotatable bonds is 8. The lowest BCUT2D eigenvalue weighted by molar-refractivity contribution is 0.0330. The molecule has 2 aliphatic heterocycles. The van der Waals surface area contributed by atoms with Crippen molar-refractivity contribution in [3.8, 4) is 23.0 Å². The van der Waals surface area contributed by atoms with Gasteiger partial charge in [0.25, 0.3) is 0 Å². The van der Waals surface area contributed by atoms with Gasteiger partial charge in [0.05, 0.1) is 30.8 Å². The van der Waals surface area contributed by atoms with Crippen molar-refractivity contribution < 1.29 is 23.4 Å². The molecule has 5 rings (SSSR count). The van der Waals surface area contributed by atoms with Crippen molar-refractivity contribution in [1.82, 2.24) is 9.80 Å². The van der Waals surface area contributed by atoms with Crippen LogP contribution in [-0.4, -0.2) is 62.5 Å². The maximum absolute atomic E-state index is 13.2. The number of benzene rings is 2. The van der Waals surface area contributed by atoms with Gasteiger partial charge in [-0.2, -0.15) is 0 Å². The molecule has 1 fully saturated rings. The minimum Gasteiger partial charge on any atom is -0.490 e. The molecule has 0 radical (unpaired) electrons. The second-order valence-corrected chi connectivity index (χ2v) is 8.46. The van der Waals surface area contributed by atoms with Crippen LogP contribution in [0.3, 0.4) is 0 Å². The van der Waals surface area contributed by atoms with Gasteiger partial charge in [0.15, 0.2) is 11.5 Å². The highest BCUT2D eigenvalue weighted by molar-refractivity contribution is 5.83. The molecule has 8 nitrogen and oxygen atoms in total. The highest BCUT2D eigenvalue weighted by Crippen LogP contribution is 2.34. The van der Waals surface area contributed by atoms with E-state index in [9.17, 15) is 4.79 Å². The molecule has 0 bridgehead atoms. The normalized spacial score (nSPS) is 16.7. The molecule has 34 heavy (non-hydrogen) atoms. The standard InChI is InChI=1S/C26H30N2O6/c1-2-31-22-6-3-4-7-23(22)34-24-17-32-26-19(25(24)29)8-9-21-20(26)16-28(18-33-21)11-5-10-27-12-14-30-15-13-27/h3-4,6-9,17H,2,5,10-16,18H2,1H3. The number of hydrogen-bond donors (Lipinski definition) is 0. The van der Waals surface area contributed by atoms with Gasteiger partial charge < -0.3 is 23.4 Å². The third kappa shape index (κ3) is 4.89. The van der Waals surface area contributed by atoms with Crippen molar-refractivity contribution in [2.24, 2.45) is 0 Å². The lowest BCUT2D eigenvalue weighted by Gasteiger charge is -2.31. The Balaban J connectivity index is 1.32. The molecule has 0 saturated carbocycles. The molecule has 0 unspecified atom stereocenters. The van der Waals surface area contributed by atoms with Crippen molar-refractivity contribution in [2.75, 3.05) is 52.7 Å². The first-order chi connectivity index (χ1) is 16.7. The number of nitrogens with zero attached hydrogens (tertiary/aromatic N) is 2. The first-order valence-electron chi connectivity index (χ1n) is 11.8. The summed E-state index contributed by atoms with van der Waals surface area (Å²) in [5, 5.41) is 0.476. The molecular weight excluding hydrogens is 436 g/mol. The summed E-state index contributed by atoms with van der Waals surface area (Å²) in [6.07, 6.45) is 2.43. The van der Waals surface area contributed by atoms with Crippen LogP contribution in [0.1, 0.15) is 18.9 Å². The summed E-state index contributed by atoms with van der Waals surface area (Å²) in [4.78, 5) is 17.9. The van der Waals surface area contributed by atoms with Gasteiger partial charge in [-0.05, 0) is 44.2 Å². The van der Waals surface area contributed by atoms with Crippen molar-refractivity contribution >= 4 is 11.0 Å². The Bertz CT molecular complexity index is 1190. The first kappa shape index (κ1) is 22.7. The zero-order valence-corrected chi connectivity index (χ0v) is 19.5.